The molecule has 3 aliphatic heterocycles. The number of phenolic OH excluding ortho intramolecular Hbond substituents is 1. The second-order valence-electron chi connectivity index (χ2n) is 14.5. The Morgan fingerprint density at radius 3 is 1.93 bits per heavy atom. The van der Waals surface area contributed by atoms with Crippen molar-refractivity contribution in [1.82, 2.24) is 30.7 Å². The van der Waals surface area contributed by atoms with Crippen LogP contribution in [0.5, 0.6) is 23.0 Å². The maximum atomic E-state index is 14.6. The molecule has 6 rings (SSSR count). The molecule has 3 aromatic carbocycles. The highest BCUT2D eigenvalue weighted by molar-refractivity contribution is 5.96. The van der Waals surface area contributed by atoms with Gasteiger partial charge >= 0.3 is 0 Å². The minimum absolute atomic E-state index is 0.0669. The molecule has 298 valence electrons. The third-order valence-corrected chi connectivity index (χ3v) is 10.4. The molecule has 1 saturated heterocycles. The molecular formula is C41H50N6O9. The number of carbonyl (C=O) groups is 6. The molecule has 3 aromatic rings. The van der Waals surface area contributed by atoms with Crippen LogP contribution in [0.15, 0.2) is 66.7 Å². The number of hydrogen-bond acceptors (Lipinski definition) is 9. The van der Waals surface area contributed by atoms with Crippen LogP contribution >= 0.6 is 0 Å². The number of fused-ring (bicyclic) bond motifs is 2. The molecule has 6 atom stereocenters. The summed E-state index contributed by atoms with van der Waals surface area (Å²) in [5.74, 6) is -2.28. The summed E-state index contributed by atoms with van der Waals surface area (Å²) in [5.41, 5.74) is 2.04. The van der Waals surface area contributed by atoms with Gasteiger partial charge in [-0.15, -0.1) is 0 Å². The molecule has 56 heavy (non-hydrogen) atoms. The van der Waals surface area contributed by atoms with Gasteiger partial charge in [-0.2, -0.15) is 0 Å². The predicted molar refractivity (Wildman–Crippen MR) is 206 cm³/mol. The molecule has 3 heterocycles. The molecule has 4 N–H and O–H groups in total. The van der Waals surface area contributed by atoms with Gasteiger partial charge in [0, 0.05) is 46.4 Å². The van der Waals surface area contributed by atoms with E-state index in [1.807, 2.05) is 0 Å². The Hall–Kier alpha value is -6.12. The molecule has 3 aliphatic rings. The normalized spacial score (nSPS) is 24.6. The fourth-order valence-electron chi connectivity index (χ4n) is 6.89. The van der Waals surface area contributed by atoms with Gasteiger partial charge in [-0.05, 0) is 80.3 Å². The van der Waals surface area contributed by atoms with E-state index < -0.39 is 71.7 Å². The highest BCUT2D eigenvalue weighted by atomic mass is 16.5. The quantitative estimate of drug-likeness (QED) is 0.309. The Balaban J connectivity index is 1.56. The number of nitrogens with one attached hydrogen (secondary N) is 3. The molecule has 15 nitrogen and oxygen atoms in total. The zero-order valence-electron chi connectivity index (χ0n) is 32.7. The summed E-state index contributed by atoms with van der Waals surface area (Å²) in [4.78, 5) is 87.6. The second-order valence-corrected chi connectivity index (χ2v) is 14.5. The van der Waals surface area contributed by atoms with Crippen molar-refractivity contribution in [3.8, 4) is 23.0 Å². The zero-order valence-corrected chi connectivity index (χ0v) is 32.7. The van der Waals surface area contributed by atoms with Gasteiger partial charge in [-0.1, -0.05) is 30.3 Å². The van der Waals surface area contributed by atoms with Crippen LogP contribution < -0.4 is 25.4 Å². The summed E-state index contributed by atoms with van der Waals surface area (Å²) >= 11 is 0. The maximum Gasteiger partial charge on any atom is 0.245 e. The van der Waals surface area contributed by atoms with E-state index in [4.69, 9.17) is 9.47 Å². The summed E-state index contributed by atoms with van der Waals surface area (Å²) in [6.45, 7) is 4.47. The van der Waals surface area contributed by atoms with Crippen LogP contribution in [-0.4, -0.2) is 120 Å². The lowest BCUT2D eigenvalue weighted by molar-refractivity contribution is -0.147. The average molecular weight is 771 g/mol. The molecule has 6 unspecified atom stereocenters. The van der Waals surface area contributed by atoms with Crippen LogP contribution in [0.2, 0.25) is 0 Å². The molecule has 1 fully saturated rings. The fraction of sp³-hybridized carbons (Fsp3) is 0.415. The largest absolute Gasteiger partial charge is 0.504 e. The van der Waals surface area contributed by atoms with Gasteiger partial charge in [-0.25, -0.2) is 0 Å². The second kappa shape index (κ2) is 17.6. The van der Waals surface area contributed by atoms with Crippen molar-refractivity contribution in [3.63, 3.8) is 0 Å². The number of nitrogens with zero attached hydrogens (tertiary/aromatic N) is 3. The molecule has 0 spiro atoms. The fourth-order valence-corrected chi connectivity index (χ4v) is 6.89. The van der Waals surface area contributed by atoms with Crippen molar-refractivity contribution in [1.29, 1.82) is 0 Å². The van der Waals surface area contributed by atoms with Crippen LogP contribution in [0.25, 0.3) is 0 Å². The minimum atomic E-state index is -1.13. The first kappa shape index (κ1) is 41.1. The SMILES string of the molecule is COc1ccc(CC2C(=O)NC(C)C(=O)N(C)C3Cc4ccc(cc4)Oc4cc(ccc4O)CC(CC(=O)NC(C)C(=O)NC(C)C(=O)N2C)N(C)C3=O)cc1. The topological polar surface area (TPSA) is 187 Å². The van der Waals surface area contributed by atoms with E-state index in [1.54, 1.807) is 67.7 Å². The van der Waals surface area contributed by atoms with E-state index in [2.05, 4.69) is 16.0 Å². The number of likely N-dealkylation sites (N-methyl/N-ethyl adjacent to an activating group) is 3. The maximum absolute atomic E-state index is 14.6. The summed E-state index contributed by atoms with van der Waals surface area (Å²) in [5, 5.41) is 18.7. The number of hydrogen-bond donors (Lipinski definition) is 4. The Morgan fingerprint density at radius 1 is 0.679 bits per heavy atom. The summed E-state index contributed by atoms with van der Waals surface area (Å²) < 4.78 is 11.3. The lowest BCUT2D eigenvalue weighted by Gasteiger charge is -2.36. The number of amides is 6. The lowest BCUT2D eigenvalue weighted by Crippen LogP contribution is -2.59. The summed E-state index contributed by atoms with van der Waals surface area (Å²) in [7, 11) is 6.02. The zero-order chi connectivity index (χ0) is 40.8. The van der Waals surface area contributed by atoms with Gasteiger partial charge in [0.05, 0.1) is 7.11 Å². The number of rotatable bonds is 3. The van der Waals surface area contributed by atoms with Gasteiger partial charge in [-0.3, -0.25) is 28.8 Å². The monoisotopic (exact) mass is 770 g/mol. The smallest absolute Gasteiger partial charge is 0.245 e. The Morgan fingerprint density at radius 2 is 1.29 bits per heavy atom. The summed E-state index contributed by atoms with van der Waals surface area (Å²) in [6.07, 6.45) is 0.0618. The van der Waals surface area contributed by atoms with Gasteiger partial charge in [0.25, 0.3) is 0 Å². The van der Waals surface area contributed by atoms with Crippen molar-refractivity contribution in [2.45, 2.75) is 82.7 Å². The molecule has 15 heteroatoms. The molecule has 0 aromatic heterocycles. The number of methoxy groups -OCH3 is 1. The van der Waals surface area contributed by atoms with Crippen LogP contribution in [0.1, 0.15) is 43.9 Å². The highest BCUT2D eigenvalue weighted by Gasteiger charge is 2.38. The first-order chi connectivity index (χ1) is 26.6. The molecule has 6 bridgehead atoms. The van der Waals surface area contributed by atoms with E-state index in [0.29, 0.717) is 28.2 Å². The van der Waals surface area contributed by atoms with Crippen molar-refractivity contribution in [2.75, 3.05) is 28.3 Å². The number of ether oxygens (including phenoxy) is 2. The van der Waals surface area contributed by atoms with Crippen molar-refractivity contribution in [2.24, 2.45) is 0 Å². The number of phenols is 1. The van der Waals surface area contributed by atoms with E-state index in [-0.39, 0.29) is 37.2 Å². The molecule has 0 saturated carbocycles. The molecule has 0 radical (unpaired) electrons. The average Bonchev–Trinajstić information content (AvgIpc) is 3.18. The van der Waals surface area contributed by atoms with E-state index in [9.17, 15) is 33.9 Å². The van der Waals surface area contributed by atoms with Gasteiger partial charge in [0.15, 0.2) is 11.5 Å². The first-order valence-electron chi connectivity index (χ1n) is 18.5. The van der Waals surface area contributed by atoms with E-state index in [0.717, 1.165) is 0 Å². The van der Waals surface area contributed by atoms with Crippen LogP contribution in [-0.2, 0) is 48.0 Å². The van der Waals surface area contributed by atoms with E-state index in [1.165, 1.54) is 62.7 Å². The van der Waals surface area contributed by atoms with Crippen molar-refractivity contribution < 1.29 is 43.3 Å². The Labute approximate surface area is 326 Å². The third-order valence-electron chi connectivity index (χ3n) is 10.4. The van der Waals surface area contributed by atoms with Gasteiger partial charge in [0.1, 0.15) is 41.7 Å². The highest BCUT2D eigenvalue weighted by Crippen LogP contribution is 2.33. The lowest BCUT2D eigenvalue weighted by atomic mass is 9.97. The minimum Gasteiger partial charge on any atom is -0.504 e. The Kier molecular flexibility index (Phi) is 12.9. The Bertz CT molecular complexity index is 1950. The van der Waals surface area contributed by atoms with Crippen LogP contribution in [0.3, 0.4) is 0 Å². The number of carbonyl (C=O) groups excluding carboxylic acids is 6. The van der Waals surface area contributed by atoms with Gasteiger partial charge in [0.2, 0.25) is 35.4 Å². The predicted octanol–water partition coefficient (Wildman–Crippen LogP) is 1.93. The molecule has 6 amide bonds. The standard InChI is InChI=1S/C41H50N6O9/c1-23-37(50)43-24(2)39(52)46(5)32(19-26-8-13-30(55-7)14-9-26)38(51)44-25(3)40(53)47(6)33-20-27-10-15-31(16-11-27)56-35-21-28(12-17-34(35)48)18-29(22-36(49)42-23)45(4)41(33)54/h8-17,21,23-25,29,32-33,48H,18-20,22H2,1-7H3,(H,42,49)(H,43,50)(H,44,51). The number of aromatic hydroxyl groups is 1. The molecule has 0 aliphatic carbocycles. The van der Waals surface area contributed by atoms with Crippen molar-refractivity contribution in [3.05, 3.63) is 83.4 Å². The first-order valence-corrected chi connectivity index (χ1v) is 18.5. The summed E-state index contributed by atoms with van der Waals surface area (Å²) in [6, 6.07) is 12.4. The van der Waals surface area contributed by atoms with E-state index >= 15 is 0 Å². The third kappa shape index (κ3) is 9.57. The van der Waals surface area contributed by atoms with Crippen LogP contribution in [0.4, 0.5) is 0 Å². The molecular weight excluding hydrogens is 720 g/mol. The van der Waals surface area contributed by atoms with Crippen molar-refractivity contribution >= 4 is 35.4 Å². The van der Waals surface area contributed by atoms with Crippen LogP contribution in [0, 0.1) is 0 Å². The van der Waals surface area contributed by atoms with Gasteiger partial charge < -0.3 is 45.2 Å². The number of benzene rings is 3.